The van der Waals surface area contributed by atoms with Gasteiger partial charge in [-0.05, 0) is 50.5 Å². The third-order valence-corrected chi connectivity index (χ3v) is 4.39. The zero-order chi connectivity index (χ0) is 17.1. The van der Waals surface area contributed by atoms with Crippen LogP contribution in [0.25, 0.3) is 0 Å². The summed E-state index contributed by atoms with van der Waals surface area (Å²) in [5.41, 5.74) is 2.86. The topological polar surface area (TPSA) is 61.3 Å². The molecule has 1 atom stereocenters. The minimum Gasteiger partial charge on any atom is -0.393 e. The van der Waals surface area contributed by atoms with Crippen LogP contribution in [-0.2, 0) is 0 Å². The van der Waals surface area contributed by atoms with Gasteiger partial charge in [-0.1, -0.05) is 0 Å². The van der Waals surface area contributed by atoms with Crippen molar-refractivity contribution < 1.29 is 9.50 Å². The Balaban J connectivity index is 1.82. The Morgan fingerprint density at radius 2 is 1.92 bits per heavy atom. The monoisotopic (exact) mass is 330 g/mol. The van der Waals surface area contributed by atoms with E-state index in [1.807, 2.05) is 19.9 Å². The van der Waals surface area contributed by atoms with Gasteiger partial charge in [0.15, 0.2) is 0 Å². The molecule has 2 heterocycles. The lowest BCUT2D eigenvalue weighted by atomic mass is 10.0. The maximum atomic E-state index is 13.8. The van der Waals surface area contributed by atoms with E-state index < -0.39 is 0 Å². The summed E-state index contributed by atoms with van der Waals surface area (Å²) in [4.78, 5) is 10.7. The fourth-order valence-corrected chi connectivity index (χ4v) is 3.01. The minimum absolute atomic E-state index is 0.134. The van der Waals surface area contributed by atoms with Crippen LogP contribution >= 0.6 is 0 Å². The number of hydrogen-bond acceptors (Lipinski definition) is 5. The van der Waals surface area contributed by atoms with E-state index >= 15 is 0 Å². The number of piperidine rings is 1. The first-order chi connectivity index (χ1) is 11.5. The molecule has 1 fully saturated rings. The lowest BCUT2D eigenvalue weighted by Crippen LogP contribution is -2.36. The van der Waals surface area contributed by atoms with Gasteiger partial charge in [0, 0.05) is 36.7 Å². The maximum absolute atomic E-state index is 13.8. The molecule has 0 bridgehead atoms. The number of aromatic nitrogens is 2. The van der Waals surface area contributed by atoms with Gasteiger partial charge in [-0.3, -0.25) is 0 Å². The first-order valence-electron chi connectivity index (χ1n) is 8.30. The van der Waals surface area contributed by atoms with Crippen molar-refractivity contribution in [2.45, 2.75) is 38.8 Å². The summed E-state index contributed by atoms with van der Waals surface area (Å²) in [6.07, 6.45) is 4.74. The molecule has 1 saturated heterocycles. The van der Waals surface area contributed by atoms with Gasteiger partial charge in [-0.15, -0.1) is 0 Å². The highest BCUT2D eigenvalue weighted by Crippen LogP contribution is 2.31. The van der Waals surface area contributed by atoms with E-state index in [9.17, 15) is 9.50 Å². The van der Waals surface area contributed by atoms with Crippen molar-refractivity contribution in [2.75, 3.05) is 23.3 Å². The third-order valence-electron chi connectivity index (χ3n) is 4.39. The highest BCUT2D eigenvalue weighted by Gasteiger charge is 2.22. The number of rotatable bonds is 4. The number of aliphatic hydroxyl groups excluding tert-OH is 1. The van der Waals surface area contributed by atoms with Crippen LogP contribution < -0.4 is 10.2 Å². The lowest BCUT2D eigenvalue weighted by Gasteiger charge is -2.34. The molecule has 24 heavy (non-hydrogen) atoms. The minimum atomic E-state index is -0.260. The predicted molar refractivity (Wildman–Crippen MR) is 92.7 cm³/mol. The van der Waals surface area contributed by atoms with Crippen molar-refractivity contribution in [1.29, 1.82) is 0 Å². The summed E-state index contributed by atoms with van der Waals surface area (Å²) in [5, 5.41) is 12.9. The van der Waals surface area contributed by atoms with Crippen molar-refractivity contribution in [1.82, 2.24) is 9.97 Å². The van der Waals surface area contributed by atoms with E-state index in [1.54, 1.807) is 18.5 Å². The first-order valence-corrected chi connectivity index (χ1v) is 8.30. The van der Waals surface area contributed by atoms with Gasteiger partial charge in [0.05, 0.1) is 12.1 Å². The molecule has 0 saturated carbocycles. The quantitative estimate of drug-likeness (QED) is 0.902. The predicted octanol–water partition coefficient (Wildman–Crippen LogP) is 3.06. The van der Waals surface area contributed by atoms with Crippen molar-refractivity contribution >= 4 is 11.6 Å². The standard InChI is InChI=1S/C18H23FN4O/c1-12-10-20-18(21-11-12)22-13(2)16-9-14(19)3-4-17(16)23-7-5-15(24)6-8-23/h3-4,9-11,13,15,24H,5-8H2,1-2H3,(H,20,21,22). The molecular weight excluding hydrogens is 307 g/mol. The second-order valence-electron chi connectivity index (χ2n) is 6.37. The largest absolute Gasteiger partial charge is 0.393 e. The molecule has 1 aromatic heterocycles. The number of nitrogens with zero attached hydrogens (tertiary/aromatic N) is 3. The van der Waals surface area contributed by atoms with Crippen molar-refractivity contribution in [3.63, 3.8) is 0 Å². The van der Waals surface area contributed by atoms with E-state index in [1.165, 1.54) is 6.07 Å². The van der Waals surface area contributed by atoms with Crippen molar-refractivity contribution in [2.24, 2.45) is 0 Å². The van der Waals surface area contributed by atoms with Gasteiger partial charge in [-0.25, -0.2) is 14.4 Å². The molecule has 0 amide bonds. The van der Waals surface area contributed by atoms with E-state index in [4.69, 9.17) is 0 Å². The molecule has 0 radical (unpaired) electrons. The molecule has 6 heteroatoms. The Bertz CT molecular complexity index is 684. The van der Waals surface area contributed by atoms with Gasteiger partial charge in [0.1, 0.15) is 5.82 Å². The average Bonchev–Trinajstić information content (AvgIpc) is 2.58. The Labute approximate surface area is 141 Å². The fraction of sp³-hybridized carbons (Fsp3) is 0.444. The summed E-state index contributed by atoms with van der Waals surface area (Å²) >= 11 is 0. The molecule has 0 spiro atoms. The molecule has 5 nitrogen and oxygen atoms in total. The molecule has 3 rings (SSSR count). The number of benzene rings is 1. The van der Waals surface area contributed by atoms with E-state index in [0.717, 1.165) is 42.7 Å². The molecule has 128 valence electrons. The Kier molecular flexibility index (Phi) is 4.94. The van der Waals surface area contributed by atoms with Crippen molar-refractivity contribution in [3.8, 4) is 0 Å². The normalized spacial score (nSPS) is 16.9. The zero-order valence-electron chi connectivity index (χ0n) is 14.0. The molecule has 2 N–H and O–H groups in total. The van der Waals surface area contributed by atoms with E-state index in [0.29, 0.717) is 5.95 Å². The highest BCUT2D eigenvalue weighted by molar-refractivity contribution is 5.57. The number of aliphatic hydroxyl groups is 1. The zero-order valence-corrected chi connectivity index (χ0v) is 14.0. The average molecular weight is 330 g/mol. The van der Waals surface area contributed by atoms with Crippen LogP contribution in [0.3, 0.4) is 0 Å². The Morgan fingerprint density at radius 3 is 2.58 bits per heavy atom. The third kappa shape index (κ3) is 3.82. The molecule has 1 aliphatic rings. The highest BCUT2D eigenvalue weighted by atomic mass is 19.1. The fourth-order valence-electron chi connectivity index (χ4n) is 3.01. The van der Waals surface area contributed by atoms with Crippen LogP contribution in [0.2, 0.25) is 0 Å². The molecular formula is C18H23FN4O. The number of anilines is 2. The summed E-state index contributed by atoms with van der Waals surface area (Å²) in [5.74, 6) is 0.265. The summed E-state index contributed by atoms with van der Waals surface area (Å²) in [7, 11) is 0. The Hall–Kier alpha value is -2.21. The molecule has 1 aliphatic heterocycles. The maximum Gasteiger partial charge on any atom is 0.223 e. The van der Waals surface area contributed by atoms with Crippen LogP contribution in [-0.4, -0.2) is 34.3 Å². The second-order valence-corrected chi connectivity index (χ2v) is 6.37. The van der Waals surface area contributed by atoms with Gasteiger partial charge >= 0.3 is 0 Å². The van der Waals surface area contributed by atoms with Gasteiger partial charge in [-0.2, -0.15) is 0 Å². The van der Waals surface area contributed by atoms with Gasteiger partial charge < -0.3 is 15.3 Å². The number of aryl methyl sites for hydroxylation is 1. The Morgan fingerprint density at radius 1 is 1.25 bits per heavy atom. The molecule has 1 aromatic carbocycles. The van der Waals surface area contributed by atoms with Gasteiger partial charge in [0.25, 0.3) is 0 Å². The van der Waals surface area contributed by atoms with Crippen LogP contribution in [0, 0.1) is 12.7 Å². The van der Waals surface area contributed by atoms with Crippen LogP contribution in [0.5, 0.6) is 0 Å². The van der Waals surface area contributed by atoms with Crippen LogP contribution in [0.4, 0.5) is 16.0 Å². The molecule has 1 unspecified atom stereocenters. The van der Waals surface area contributed by atoms with Crippen LogP contribution in [0.1, 0.15) is 36.9 Å². The number of nitrogens with one attached hydrogen (secondary N) is 1. The SMILES string of the molecule is Cc1cnc(NC(C)c2cc(F)ccc2N2CCC(O)CC2)nc1. The van der Waals surface area contributed by atoms with Crippen LogP contribution in [0.15, 0.2) is 30.6 Å². The molecule has 0 aliphatic carbocycles. The number of hydrogen-bond donors (Lipinski definition) is 2. The summed E-state index contributed by atoms with van der Waals surface area (Å²) in [6.45, 7) is 5.45. The van der Waals surface area contributed by atoms with E-state index in [-0.39, 0.29) is 18.0 Å². The second kappa shape index (κ2) is 7.13. The van der Waals surface area contributed by atoms with Crippen molar-refractivity contribution in [3.05, 3.63) is 47.5 Å². The molecule has 2 aromatic rings. The first kappa shape index (κ1) is 16.6. The number of halogens is 1. The smallest absolute Gasteiger partial charge is 0.223 e. The van der Waals surface area contributed by atoms with E-state index in [2.05, 4.69) is 20.2 Å². The summed E-state index contributed by atoms with van der Waals surface area (Å²) in [6, 6.07) is 4.73. The van der Waals surface area contributed by atoms with Gasteiger partial charge in [0.2, 0.25) is 5.95 Å². The lowest BCUT2D eigenvalue weighted by molar-refractivity contribution is 0.145. The summed E-state index contributed by atoms with van der Waals surface area (Å²) < 4.78 is 13.8.